The van der Waals surface area contributed by atoms with Crippen molar-refractivity contribution in [2.24, 2.45) is 5.92 Å². The number of anilines is 1. The van der Waals surface area contributed by atoms with E-state index in [-0.39, 0.29) is 18.1 Å². The Hall–Kier alpha value is -1.75. The van der Waals surface area contributed by atoms with E-state index in [1.807, 2.05) is 6.92 Å². The molecule has 0 spiro atoms. The summed E-state index contributed by atoms with van der Waals surface area (Å²) in [6, 6.07) is 4.83. The maximum Gasteiger partial charge on any atom is 0.337 e. The number of ether oxygens (including phenoxy) is 1. The molecule has 0 radical (unpaired) electrons. The fraction of sp³-hybridized carbons (Fsp3) is 0.500. The van der Waals surface area contributed by atoms with E-state index in [1.165, 1.54) is 6.07 Å². The molecule has 0 saturated carbocycles. The lowest BCUT2D eigenvalue weighted by Gasteiger charge is -2.12. The molecule has 3 N–H and O–H groups in total. The van der Waals surface area contributed by atoms with Crippen molar-refractivity contribution in [3.63, 3.8) is 0 Å². The SMILES string of the molecule is COc1ccc(C(=O)O)c(NCCCC(C)CO)c1. The highest BCUT2D eigenvalue weighted by Crippen LogP contribution is 2.22. The van der Waals surface area contributed by atoms with Crippen LogP contribution in [0.15, 0.2) is 18.2 Å². The molecular weight excluding hydrogens is 246 g/mol. The van der Waals surface area contributed by atoms with Crippen LogP contribution >= 0.6 is 0 Å². The lowest BCUT2D eigenvalue weighted by Crippen LogP contribution is -2.10. The normalized spacial score (nSPS) is 11.9. The third-order valence-corrected chi connectivity index (χ3v) is 2.96. The Balaban J connectivity index is 2.62. The summed E-state index contributed by atoms with van der Waals surface area (Å²) >= 11 is 0. The minimum absolute atomic E-state index is 0.180. The number of rotatable bonds is 8. The van der Waals surface area contributed by atoms with Crippen molar-refractivity contribution >= 4 is 11.7 Å². The minimum Gasteiger partial charge on any atom is -0.497 e. The summed E-state index contributed by atoms with van der Waals surface area (Å²) in [5, 5.41) is 21.1. The van der Waals surface area contributed by atoms with Gasteiger partial charge < -0.3 is 20.3 Å². The molecule has 1 rings (SSSR count). The van der Waals surface area contributed by atoms with E-state index in [0.29, 0.717) is 18.0 Å². The number of benzene rings is 1. The quantitative estimate of drug-likeness (QED) is 0.629. The molecule has 1 unspecified atom stereocenters. The van der Waals surface area contributed by atoms with Crippen LogP contribution in [0.1, 0.15) is 30.1 Å². The Morgan fingerprint density at radius 1 is 1.47 bits per heavy atom. The third kappa shape index (κ3) is 4.79. The number of methoxy groups -OCH3 is 1. The maximum atomic E-state index is 11.1. The Morgan fingerprint density at radius 2 is 2.21 bits per heavy atom. The summed E-state index contributed by atoms with van der Waals surface area (Å²) in [6.45, 7) is 2.82. The largest absolute Gasteiger partial charge is 0.497 e. The zero-order valence-electron chi connectivity index (χ0n) is 11.3. The van der Waals surface area contributed by atoms with Crippen molar-refractivity contribution in [1.82, 2.24) is 0 Å². The first-order valence-corrected chi connectivity index (χ1v) is 6.34. The highest BCUT2D eigenvalue weighted by atomic mass is 16.5. The second-order valence-electron chi connectivity index (χ2n) is 4.57. The summed E-state index contributed by atoms with van der Waals surface area (Å²) in [7, 11) is 1.54. The first kappa shape index (κ1) is 15.3. The van der Waals surface area contributed by atoms with Gasteiger partial charge in [0, 0.05) is 19.2 Å². The molecule has 1 aromatic rings. The molecule has 5 heteroatoms. The Kier molecular flexibility index (Phi) is 6.15. The lowest BCUT2D eigenvalue weighted by atomic mass is 10.1. The number of nitrogens with one attached hydrogen (secondary N) is 1. The average molecular weight is 267 g/mol. The van der Waals surface area contributed by atoms with Gasteiger partial charge in [0.25, 0.3) is 0 Å². The van der Waals surface area contributed by atoms with Gasteiger partial charge in [0.1, 0.15) is 5.75 Å². The summed E-state index contributed by atoms with van der Waals surface area (Å²) in [6.07, 6.45) is 1.77. The van der Waals surface area contributed by atoms with Crippen LogP contribution in [0.3, 0.4) is 0 Å². The standard InChI is InChI=1S/C14H21NO4/c1-10(9-16)4-3-7-15-13-8-11(19-2)5-6-12(13)14(17)18/h5-6,8,10,15-16H,3-4,7,9H2,1-2H3,(H,17,18). The molecule has 0 aliphatic rings. The Labute approximate surface area is 113 Å². The zero-order chi connectivity index (χ0) is 14.3. The van der Waals surface area contributed by atoms with Gasteiger partial charge in [-0.15, -0.1) is 0 Å². The van der Waals surface area contributed by atoms with Crippen LogP contribution in [0.2, 0.25) is 0 Å². The number of hydrogen-bond acceptors (Lipinski definition) is 4. The van der Waals surface area contributed by atoms with E-state index in [0.717, 1.165) is 12.8 Å². The van der Waals surface area contributed by atoms with Gasteiger partial charge in [0.15, 0.2) is 0 Å². The van der Waals surface area contributed by atoms with Crippen LogP contribution in [-0.2, 0) is 0 Å². The topological polar surface area (TPSA) is 78.8 Å². The van der Waals surface area contributed by atoms with Crippen LogP contribution in [0.5, 0.6) is 5.75 Å². The summed E-state index contributed by atoms with van der Waals surface area (Å²) in [5.74, 6) is -0.0730. The average Bonchev–Trinajstić information content (AvgIpc) is 2.42. The van der Waals surface area contributed by atoms with Crippen molar-refractivity contribution in [2.75, 3.05) is 25.6 Å². The van der Waals surface area contributed by atoms with Gasteiger partial charge in [0.05, 0.1) is 18.4 Å². The van der Waals surface area contributed by atoms with Crippen molar-refractivity contribution in [3.05, 3.63) is 23.8 Å². The van der Waals surface area contributed by atoms with Crippen molar-refractivity contribution < 1.29 is 19.7 Å². The van der Waals surface area contributed by atoms with Crippen molar-refractivity contribution in [2.45, 2.75) is 19.8 Å². The molecule has 1 atom stereocenters. The molecule has 0 heterocycles. The first-order chi connectivity index (χ1) is 9.08. The molecule has 0 amide bonds. The third-order valence-electron chi connectivity index (χ3n) is 2.96. The van der Waals surface area contributed by atoms with E-state index >= 15 is 0 Å². The number of hydrogen-bond donors (Lipinski definition) is 3. The van der Waals surface area contributed by atoms with Gasteiger partial charge in [-0.05, 0) is 30.9 Å². The smallest absolute Gasteiger partial charge is 0.337 e. The predicted octanol–water partition coefficient (Wildman–Crippen LogP) is 2.21. The maximum absolute atomic E-state index is 11.1. The van der Waals surface area contributed by atoms with Crippen molar-refractivity contribution in [1.29, 1.82) is 0 Å². The number of aliphatic hydroxyl groups excluding tert-OH is 1. The fourth-order valence-electron chi connectivity index (χ4n) is 1.75. The van der Waals surface area contributed by atoms with Crippen LogP contribution < -0.4 is 10.1 Å². The molecule has 5 nitrogen and oxygen atoms in total. The van der Waals surface area contributed by atoms with Gasteiger partial charge >= 0.3 is 5.97 Å². The molecule has 106 valence electrons. The molecular formula is C14H21NO4. The van der Waals surface area contributed by atoms with Gasteiger partial charge in [0.2, 0.25) is 0 Å². The highest BCUT2D eigenvalue weighted by Gasteiger charge is 2.10. The molecule has 0 aliphatic heterocycles. The van der Waals surface area contributed by atoms with E-state index < -0.39 is 5.97 Å². The van der Waals surface area contributed by atoms with E-state index in [9.17, 15) is 4.79 Å². The first-order valence-electron chi connectivity index (χ1n) is 6.34. The molecule has 0 bridgehead atoms. The van der Waals surface area contributed by atoms with Gasteiger partial charge in [-0.3, -0.25) is 0 Å². The Bertz CT molecular complexity index is 420. The van der Waals surface area contributed by atoms with Crippen LogP contribution in [0, 0.1) is 5.92 Å². The molecule has 19 heavy (non-hydrogen) atoms. The molecule has 1 aromatic carbocycles. The van der Waals surface area contributed by atoms with E-state index in [1.54, 1.807) is 19.2 Å². The zero-order valence-corrected chi connectivity index (χ0v) is 11.3. The van der Waals surface area contributed by atoms with Crippen molar-refractivity contribution in [3.8, 4) is 5.75 Å². The number of aromatic carboxylic acids is 1. The monoisotopic (exact) mass is 267 g/mol. The molecule has 0 aromatic heterocycles. The predicted molar refractivity (Wildman–Crippen MR) is 73.9 cm³/mol. The van der Waals surface area contributed by atoms with E-state index in [2.05, 4.69) is 5.32 Å². The van der Waals surface area contributed by atoms with Crippen LogP contribution in [0.4, 0.5) is 5.69 Å². The number of aliphatic hydroxyl groups is 1. The van der Waals surface area contributed by atoms with Gasteiger partial charge in [-0.1, -0.05) is 6.92 Å². The highest BCUT2D eigenvalue weighted by molar-refractivity contribution is 5.94. The van der Waals surface area contributed by atoms with E-state index in [4.69, 9.17) is 14.9 Å². The van der Waals surface area contributed by atoms with Crippen LogP contribution in [0.25, 0.3) is 0 Å². The number of carboxylic acid groups (broad SMARTS) is 1. The Morgan fingerprint density at radius 3 is 2.79 bits per heavy atom. The minimum atomic E-state index is -0.964. The lowest BCUT2D eigenvalue weighted by molar-refractivity contribution is 0.0698. The summed E-state index contributed by atoms with van der Waals surface area (Å²) in [4.78, 5) is 11.1. The summed E-state index contributed by atoms with van der Waals surface area (Å²) < 4.78 is 5.09. The second kappa shape index (κ2) is 7.63. The molecule has 0 aliphatic carbocycles. The molecule has 0 fully saturated rings. The number of carbonyl (C=O) groups is 1. The second-order valence-corrected chi connectivity index (χ2v) is 4.57. The molecule has 0 saturated heterocycles. The number of carboxylic acids is 1. The van der Waals surface area contributed by atoms with Gasteiger partial charge in [-0.2, -0.15) is 0 Å². The van der Waals surface area contributed by atoms with Crippen LogP contribution in [-0.4, -0.2) is 36.4 Å². The summed E-state index contributed by atoms with van der Waals surface area (Å²) in [5.41, 5.74) is 0.791. The van der Waals surface area contributed by atoms with Gasteiger partial charge in [-0.25, -0.2) is 4.79 Å². The fourth-order valence-corrected chi connectivity index (χ4v) is 1.75.